The number of fused-ring (bicyclic) bond motifs is 1. The van der Waals surface area contributed by atoms with Crippen molar-refractivity contribution in [1.82, 2.24) is 0 Å². The molecule has 1 saturated heterocycles. The van der Waals surface area contributed by atoms with E-state index in [1.54, 1.807) is 6.07 Å². The Bertz CT molecular complexity index is 855. The fourth-order valence-corrected chi connectivity index (χ4v) is 6.27. The van der Waals surface area contributed by atoms with Crippen LogP contribution in [0, 0.1) is 0 Å². The van der Waals surface area contributed by atoms with Crippen molar-refractivity contribution >= 4 is 31.8 Å². The van der Waals surface area contributed by atoms with Gasteiger partial charge in [-0.25, -0.2) is 8.42 Å². The van der Waals surface area contributed by atoms with Crippen LogP contribution in [0.4, 0.5) is 0 Å². The minimum atomic E-state index is -3.07. The molecule has 1 N–H and O–H groups in total. The molecule has 2 heterocycles. The van der Waals surface area contributed by atoms with Gasteiger partial charge in [-0.2, -0.15) is 0 Å². The molecule has 0 aliphatic carbocycles. The number of halogens is 1. The van der Waals surface area contributed by atoms with E-state index in [0.29, 0.717) is 6.61 Å². The van der Waals surface area contributed by atoms with E-state index >= 15 is 0 Å². The van der Waals surface area contributed by atoms with Crippen LogP contribution >= 0.6 is 15.9 Å². The van der Waals surface area contributed by atoms with Crippen molar-refractivity contribution in [3.63, 3.8) is 0 Å². The van der Waals surface area contributed by atoms with Gasteiger partial charge in [0.05, 0.1) is 18.5 Å². The minimum absolute atomic E-state index is 0.0988. The zero-order valence-electron chi connectivity index (χ0n) is 15.2. The average Bonchev–Trinajstić information content (AvgIpc) is 3.14. The molecule has 1 aromatic carbocycles. The van der Waals surface area contributed by atoms with Gasteiger partial charge in [0.1, 0.15) is 11.0 Å². The second kappa shape index (κ2) is 7.87. The summed E-state index contributed by atoms with van der Waals surface area (Å²) in [6, 6.07) is 5.38. The maximum absolute atomic E-state index is 12.3. The highest BCUT2D eigenvalue weighted by Gasteiger charge is 2.46. The van der Waals surface area contributed by atoms with Crippen LogP contribution in [0.3, 0.4) is 0 Å². The number of aromatic hydroxyl groups is 1. The predicted octanol–water partition coefficient (Wildman–Crippen LogP) is 4.63. The zero-order chi connectivity index (χ0) is 18.9. The Morgan fingerprint density at radius 1 is 1.38 bits per heavy atom. The largest absolute Gasteiger partial charge is 0.507 e. The highest BCUT2D eigenvalue weighted by molar-refractivity contribution is 9.10. The van der Waals surface area contributed by atoms with E-state index in [-0.39, 0.29) is 17.6 Å². The van der Waals surface area contributed by atoms with Gasteiger partial charge in [0, 0.05) is 10.0 Å². The van der Waals surface area contributed by atoms with Crippen molar-refractivity contribution in [2.45, 2.75) is 50.9 Å². The molecule has 1 aromatic rings. The first-order valence-corrected chi connectivity index (χ1v) is 11.6. The van der Waals surface area contributed by atoms with Gasteiger partial charge in [-0.1, -0.05) is 47.0 Å². The first-order valence-electron chi connectivity index (χ1n) is 9.08. The van der Waals surface area contributed by atoms with Crippen molar-refractivity contribution in [1.29, 1.82) is 0 Å². The average molecular weight is 441 g/mol. The topological polar surface area (TPSA) is 63.6 Å². The second-order valence-electron chi connectivity index (χ2n) is 6.93. The summed E-state index contributed by atoms with van der Waals surface area (Å²) in [4.78, 5) is 0. The van der Waals surface area contributed by atoms with Gasteiger partial charge in [0.25, 0.3) is 0 Å². The van der Waals surface area contributed by atoms with E-state index in [1.165, 1.54) is 5.57 Å². The summed E-state index contributed by atoms with van der Waals surface area (Å²) >= 11 is 3.43. The number of rotatable bonds is 6. The molecule has 0 saturated carbocycles. The maximum Gasteiger partial charge on any atom is 0.163 e. The van der Waals surface area contributed by atoms with Gasteiger partial charge >= 0.3 is 0 Å². The monoisotopic (exact) mass is 440 g/mol. The number of phenols is 1. The van der Waals surface area contributed by atoms with Crippen molar-refractivity contribution in [3.8, 4) is 5.75 Å². The fraction of sp³-hybridized carbons (Fsp3) is 0.500. The SMILES string of the molecule is CCC1=C2[C@@H](CC/C(=C/c3cc(Br)ccc3O)CC)OC[C@@H]2S(=O)(=O)C1. The highest BCUT2D eigenvalue weighted by atomic mass is 79.9. The highest BCUT2D eigenvalue weighted by Crippen LogP contribution is 2.39. The molecule has 0 spiro atoms. The molecule has 6 heteroatoms. The van der Waals surface area contributed by atoms with Crippen molar-refractivity contribution in [2.75, 3.05) is 12.4 Å². The lowest BCUT2D eigenvalue weighted by molar-refractivity contribution is 0.117. The molecule has 3 rings (SSSR count). The number of hydrogen-bond donors (Lipinski definition) is 1. The molecule has 0 bridgehead atoms. The Labute approximate surface area is 164 Å². The lowest BCUT2D eigenvalue weighted by atomic mass is 9.95. The number of hydrogen-bond acceptors (Lipinski definition) is 4. The van der Waals surface area contributed by atoms with E-state index in [9.17, 15) is 13.5 Å². The van der Waals surface area contributed by atoms with E-state index < -0.39 is 15.1 Å². The quantitative estimate of drug-likeness (QED) is 0.654. The molecule has 2 atom stereocenters. The van der Waals surface area contributed by atoms with Gasteiger partial charge < -0.3 is 9.84 Å². The minimum Gasteiger partial charge on any atom is -0.507 e. The van der Waals surface area contributed by atoms with Gasteiger partial charge in [-0.3, -0.25) is 0 Å². The molecular weight excluding hydrogens is 416 g/mol. The van der Waals surface area contributed by atoms with E-state index in [4.69, 9.17) is 4.74 Å². The van der Waals surface area contributed by atoms with Crippen LogP contribution in [0.25, 0.3) is 6.08 Å². The number of sulfone groups is 1. The molecule has 1 fully saturated rings. The van der Waals surface area contributed by atoms with Gasteiger partial charge in [0.2, 0.25) is 0 Å². The third kappa shape index (κ3) is 3.92. The summed E-state index contributed by atoms with van der Waals surface area (Å²) in [5.74, 6) is 0.459. The molecule has 0 amide bonds. The molecule has 0 aromatic heterocycles. The number of ether oxygens (including phenoxy) is 1. The van der Waals surface area contributed by atoms with Gasteiger partial charge in [0.15, 0.2) is 9.84 Å². The van der Waals surface area contributed by atoms with Crippen LogP contribution in [0.5, 0.6) is 5.75 Å². The Hall–Kier alpha value is -1.11. The first-order chi connectivity index (χ1) is 12.4. The molecule has 2 aliphatic rings. The van der Waals surface area contributed by atoms with Crippen molar-refractivity contribution < 1.29 is 18.3 Å². The predicted molar refractivity (Wildman–Crippen MR) is 108 cm³/mol. The Morgan fingerprint density at radius 3 is 2.85 bits per heavy atom. The third-order valence-corrected chi connectivity index (χ3v) is 7.82. The number of benzene rings is 1. The zero-order valence-corrected chi connectivity index (χ0v) is 17.6. The lowest BCUT2D eigenvalue weighted by Gasteiger charge is -2.14. The van der Waals surface area contributed by atoms with Crippen molar-refractivity contribution in [3.05, 3.63) is 45.0 Å². The number of allylic oxidation sites excluding steroid dienone is 1. The van der Waals surface area contributed by atoms with E-state index in [0.717, 1.165) is 46.9 Å². The molecule has 2 aliphatic heterocycles. The maximum atomic E-state index is 12.3. The summed E-state index contributed by atoms with van der Waals surface area (Å²) in [6.07, 6.45) is 5.17. The molecule has 0 radical (unpaired) electrons. The number of phenolic OH excluding ortho intramolecular Hbond substituents is 1. The standard InChI is InChI=1S/C20H25BrO4S/c1-3-13(9-15-10-16(21)6-7-17(15)22)5-8-18-20-14(4-2)12-26(23,24)19(20)11-25-18/h6-7,9-10,18-19,22H,3-5,8,11-12H2,1-2H3/b13-9+/t18-,19+/m1/s1. The second-order valence-corrected chi connectivity index (χ2v) is 10.0. The van der Waals surface area contributed by atoms with Crippen LogP contribution in [-0.4, -0.2) is 37.2 Å². The van der Waals surface area contributed by atoms with Crippen LogP contribution < -0.4 is 0 Å². The molecule has 26 heavy (non-hydrogen) atoms. The summed E-state index contributed by atoms with van der Waals surface area (Å²) in [5, 5.41) is 9.62. The van der Waals surface area contributed by atoms with Crippen LogP contribution in [0.15, 0.2) is 39.4 Å². The summed E-state index contributed by atoms with van der Waals surface area (Å²) in [6.45, 7) is 4.41. The molecule has 0 unspecified atom stereocenters. The van der Waals surface area contributed by atoms with E-state index in [2.05, 4.69) is 22.9 Å². The smallest absolute Gasteiger partial charge is 0.163 e. The van der Waals surface area contributed by atoms with Crippen LogP contribution in [0.2, 0.25) is 0 Å². The Kier molecular flexibility index (Phi) is 5.94. The third-order valence-electron chi connectivity index (χ3n) is 5.32. The van der Waals surface area contributed by atoms with Crippen LogP contribution in [-0.2, 0) is 14.6 Å². The van der Waals surface area contributed by atoms with E-state index in [1.807, 2.05) is 25.1 Å². The Morgan fingerprint density at radius 2 is 2.15 bits per heavy atom. The molecule has 4 nitrogen and oxygen atoms in total. The summed E-state index contributed by atoms with van der Waals surface area (Å²) in [7, 11) is -3.07. The normalized spacial score (nSPS) is 25.0. The molecule has 142 valence electrons. The van der Waals surface area contributed by atoms with Gasteiger partial charge in [-0.05, 0) is 49.5 Å². The summed E-state index contributed by atoms with van der Waals surface area (Å²) < 4.78 is 31.4. The molecular formula is C20H25BrO4S. The Balaban J connectivity index is 1.75. The van der Waals surface area contributed by atoms with Crippen molar-refractivity contribution in [2.24, 2.45) is 0 Å². The fourth-order valence-electron chi connectivity index (χ4n) is 3.84. The summed E-state index contributed by atoms with van der Waals surface area (Å²) in [5.41, 5.74) is 4.07. The lowest BCUT2D eigenvalue weighted by Crippen LogP contribution is -2.19. The van der Waals surface area contributed by atoms with Gasteiger partial charge in [-0.15, -0.1) is 0 Å². The first kappa shape index (κ1) is 19.6. The van der Waals surface area contributed by atoms with Crippen LogP contribution in [0.1, 0.15) is 45.1 Å².